The summed E-state index contributed by atoms with van der Waals surface area (Å²) in [6.07, 6.45) is 0.463. The lowest BCUT2D eigenvalue weighted by Crippen LogP contribution is -2.41. The predicted octanol–water partition coefficient (Wildman–Crippen LogP) is 3.32. The van der Waals surface area contributed by atoms with Gasteiger partial charge in [0.05, 0.1) is 10.6 Å². The maximum absolute atomic E-state index is 13.8. The minimum atomic E-state index is -0.708. The average Bonchev–Trinajstić information content (AvgIpc) is 2.89. The second-order valence-electron chi connectivity index (χ2n) is 5.74. The Labute approximate surface area is 144 Å². The smallest absolute Gasteiger partial charge is 0.256 e. The van der Waals surface area contributed by atoms with Crippen LogP contribution in [0.5, 0.6) is 0 Å². The Hall–Kier alpha value is -2.40. The van der Waals surface area contributed by atoms with E-state index < -0.39 is 17.8 Å². The molecule has 2 aromatic carbocycles. The Morgan fingerprint density at radius 3 is 2.62 bits per heavy atom. The number of anilines is 1. The molecule has 1 N–H and O–H groups in total. The molecule has 1 fully saturated rings. The average molecular weight is 347 g/mol. The molecule has 3 rings (SSSR count). The minimum absolute atomic E-state index is 0.0216. The molecule has 2 amide bonds. The Balaban J connectivity index is 1.74. The second kappa shape index (κ2) is 6.61. The van der Waals surface area contributed by atoms with Crippen molar-refractivity contribution in [3.05, 3.63) is 64.4 Å². The topological polar surface area (TPSA) is 49.4 Å². The number of aryl methyl sites for hydroxylation is 1. The number of rotatable bonds is 3. The minimum Gasteiger partial charge on any atom is -0.340 e. The highest BCUT2D eigenvalue weighted by Crippen LogP contribution is 2.23. The molecule has 0 unspecified atom stereocenters. The van der Waals surface area contributed by atoms with Gasteiger partial charge in [-0.2, -0.15) is 0 Å². The second-order valence-corrected chi connectivity index (χ2v) is 6.14. The molecular weight excluding hydrogens is 331 g/mol. The molecule has 1 aliphatic heterocycles. The number of hydrogen-bond donors (Lipinski definition) is 1. The Bertz CT molecular complexity index is 772. The summed E-state index contributed by atoms with van der Waals surface area (Å²) >= 11 is 5.89. The number of hydrogen-bond acceptors (Lipinski definition) is 2. The third-order valence-electron chi connectivity index (χ3n) is 4.05. The molecule has 2 aromatic rings. The lowest BCUT2D eigenvalue weighted by molar-refractivity contribution is -0.118. The van der Waals surface area contributed by atoms with Gasteiger partial charge in [-0.1, -0.05) is 35.4 Å². The number of nitrogens with zero attached hydrogens (tertiary/aromatic N) is 1. The summed E-state index contributed by atoms with van der Waals surface area (Å²) in [5, 5.41) is 2.60. The van der Waals surface area contributed by atoms with Gasteiger partial charge in [0.2, 0.25) is 5.91 Å². The maximum atomic E-state index is 13.8. The van der Waals surface area contributed by atoms with Gasteiger partial charge in [-0.15, -0.1) is 0 Å². The molecule has 0 bridgehead atoms. The molecule has 1 heterocycles. The van der Waals surface area contributed by atoms with E-state index in [2.05, 4.69) is 5.32 Å². The van der Waals surface area contributed by atoms with Crippen molar-refractivity contribution in [2.45, 2.75) is 19.4 Å². The molecule has 1 atom stereocenters. The molecule has 0 radical (unpaired) electrons. The summed E-state index contributed by atoms with van der Waals surface area (Å²) in [5.41, 5.74) is 1.65. The van der Waals surface area contributed by atoms with E-state index in [4.69, 9.17) is 11.6 Å². The van der Waals surface area contributed by atoms with Gasteiger partial charge in [0.1, 0.15) is 11.9 Å². The van der Waals surface area contributed by atoms with Crippen LogP contribution in [0.15, 0.2) is 42.5 Å². The highest BCUT2D eigenvalue weighted by molar-refractivity contribution is 6.34. The SMILES string of the molecule is Cc1ccc(N2CC[C@H](NC(=O)c3c(F)cccc3Cl)C2=O)cc1. The van der Waals surface area contributed by atoms with Gasteiger partial charge in [0, 0.05) is 12.2 Å². The van der Waals surface area contributed by atoms with Gasteiger partial charge < -0.3 is 10.2 Å². The first kappa shape index (κ1) is 16.5. The number of halogens is 2. The van der Waals surface area contributed by atoms with E-state index in [9.17, 15) is 14.0 Å². The van der Waals surface area contributed by atoms with Gasteiger partial charge in [-0.05, 0) is 37.6 Å². The van der Waals surface area contributed by atoms with Gasteiger partial charge in [0.15, 0.2) is 0 Å². The van der Waals surface area contributed by atoms with Crippen molar-refractivity contribution in [3.8, 4) is 0 Å². The number of carbonyl (C=O) groups is 2. The number of amides is 2. The van der Waals surface area contributed by atoms with Crippen LogP contribution in [0.1, 0.15) is 22.3 Å². The summed E-state index contributed by atoms with van der Waals surface area (Å²) in [6.45, 7) is 2.47. The maximum Gasteiger partial charge on any atom is 0.256 e. The normalized spacial score (nSPS) is 17.2. The first-order valence-electron chi connectivity index (χ1n) is 7.60. The fourth-order valence-corrected chi connectivity index (χ4v) is 2.99. The van der Waals surface area contributed by atoms with Crippen molar-refractivity contribution in [3.63, 3.8) is 0 Å². The van der Waals surface area contributed by atoms with Crippen molar-refractivity contribution in [2.24, 2.45) is 0 Å². The zero-order valence-electron chi connectivity index (χ0n) is 13.1. The van der Waals surface area contributed by atoms with Crippen molar-refractivity contribution in [1.82, 2.24) is 5.32 Å². The fraction of sp³-hybridized carbons (Fsp3) is 0.222. The number of benzene rings is 2. The molecule has 6 heteroatoms. The highest BCUT2D eigenvalue weighted by atomic mass is 35.5. The van der Waals surface area contributed by atoms with Crippen molar-refractivity contribution >= 4 is 29.1 Å². The molecule has 1 saturated heterocycles. The van der Waals surface area contributed by atoms with Crippen LogP contribution in [0.2, 0.25) is 5.02 Å². The molecule has 0 spiro atoms. The van der Waals surface area contributed by atoms with E-state index in [0.29, 0.717) is 13.0 Å². The van der Waals surface area contributed by atoms with Crippen LogP contribution in [0.3, 0.4) is 0 Å². The molecule has 24 heavy (non-hydrogen) atoms. The molecule has 0 saturated carbocycles. The predicted molar refractivity (Wildman–Crippen MR) is 90.8 cm³/mol. The zero-order valence-corrected chi connectivity index (χ0v) is 13.8. The van der Waals surface area contributed by atoms with Crippen LogP contribution in [0.4, 0.5) is 10.1 Å². The monoisotopic (exact) mass is 346 g/mol. The third kappa shape index (κ3) is 3.12. The molecule has 1 aliphatic rings. The van der Waals surface area contributed by atoms with Crippen molar-refractivity contribution < 1.29 is 14.0 Å². The quantitative estimate of drug-likeness (QED) is 0.926. The van der Waals surface area contributed by atoms with E-state index in [-0.39, 0.29) is 16.5 Å². The molecule has 124 valence electrons. The zero-order chi connectivity index (χ0) is 17.3. The fourth-order valence-electron chi connectivity index (χ4n) is 2.74. The summed E-state index contributed by atoms with van der Waals surface area (Å²) in [5.74, 6) is -1.59. The summed E-state index contributed by atoms with van der Waals surface area (Å²) in [6, 6.07) is 10.9. The van der Waals surface area contributed by atoms with Crippen LogP contribution >= 0.6 is 11.6 Å². The van der Waals surface area contributed by atoms with Crippen LogP contribution in [-0.2, 0) is 4.79 Å². The van der Waals surface area contributed by atoms with E-state index in [1.54, 1.807) is 4.90 Å². The number of carbonyl (C=O) groups excluding carboxylic acids is 2. The van der Waals surface area contributed by atoms with E-state index in [1.807, 2.05) is 31.2 Å². The molecule has 0 aliphatic carbocycles. The van der Waals surface area contributed by atoms with Crippen LogP contribution in [0, 0.1) is 12.7 Å². The Kier molecular flexibility index (Phi) is 4.53. The van der Waals surface area contributed by atoms with Crippen LogP contribution in [-0.4, -0.2) is 24.4 Å². The third-order valence-corrected chi connectivity index (χ3v) is 4.36. The summed E-state index contributed by atoms with van der Waals surface area (Å²) in [7, 11) is 0. The largest absolute Gasteiger partial charge is 0.340 e. The van der Waals surface area contributed by atoms with Crippen LogP contribution in [0.25, 0.3) is 0 Å². The number of nitrogens with one attached hydrogen (secondary N) is 1. The standard InChI is InChI=1S/C18H16ClFN2O2/c1-11-5-7-12(8-6-11)22-10-9-15(18(22)24)21-17(23)16-13(19)3-2-4-14(16)20/h2-8,15H,9-10H2,1H3,(H,21,23)/t15-/m0/s1. The Morgan fingerprint density at radius 1 is 1.25 bits per heavy atom. The van der Waals surface area contributed by atoms with Gasteiger partial charge >= 0.3 is 0 Å². The van der Waals surface area contributed by atoms with Gasteiger partial charge in [-0.25, -0.2) is 4.39 Å². The van der Waals surface area contributed by atoms with Crippen molar-refractivity contribution in [2.75, 3.05) is 11.4 Å². The highest BCUT2D eigenvalue weighted by Gasteiger charge is 2.34. The lowest BCUT2D eigenvalue weighted by atomic mass is 10.1. The van der Waals surface area contributed by atoms with Crippen LogP contribution < -0.4 is 10.2 Å². The van der Waals surface area contributed by atoms with E-state index >= 15 is 0 Å². The molecular formula is C18H16ClFN2O2. The summed E-state index contributed by atoms with van der Waals surface area (Å²) < 4.78 is 13.8. The van der Waals surface area contributed by atoms with Gasteiger partial charge in [-0.3, -0.25) is 9.59 Å². The summed E-state index contributed by atoms with van der Waals surface area (Å²) in [4.78, 5) is 26.4. The van der Waals surface area contributed by atoms with Crippen molar-refractivity contribution in [1.29, 1.82) is 0 Å². The van der Waals surface area contributed by atoms with E-state index in [1.165, 1.54) is 12.1 Å². The van der Waals surface area contributed by atoms with Gasteiger partial charge in [0.25, 0.3) is 5.91 Å². The first-order chi connectivity index (χ1) is 11.5. The van der Waals surface area contributed by atoms with E-state index in [0.717, 1.165) is 17.3 Å². The molecule has 4 nitrogen and oxygen atoms in total. The Morgan fingerprint density at radius 2 is 1.96 bits per heavy atom. The molecule has 0 aromatic heterocycles. The first-order valence-corrected chi connectivity index (χ1v) is 7.98. The lowest BCUT2D eigenvalue weighted by Gasteiger charge is -2.17.